The van der Waals surface area contributed by atoms with E-state index in [0.29, 0.717) is 0 Å². The zero-order chi connectivity index (χ0) is 12.1. The van der Waals surface area contributed by atoms with Crippen molar-refractivity contribution >= 4 is 0 Å². The molecule has 1 aliphatic heterocycles. The first-order chi connectivity index (χ1) is 8.28. The van der Waals surface area contributed by atoms with E-state index in [-0.39, 0.29) is 0 Å². The molecule has 0 saturated carbocycles. The molecule has 0 unspecified atom stereocenters. The normalized spacial score (nSPS) is 18.2. The number of aryl methyl sites for hydroxylation is 1. The van der Waals surface area contributed by atoms with Crippen LogP contribution >= 0.6 is 0 Å². The highest BCUT2D eigenvalue weighted by Crippen LogP contribution is 2.22. The lowest BCUT2D eigenvalue weighted by atomic mass is 9.91. The van der Waals surface area contributed by atoms with E-state index in [1.807, 2.05) is 0 Å². The topological polar surface area (TPSA) is 12.5 Å². The minimum atomic E-state index is 0.924. The Balaban J connectivity index is 1.77. The Hall–Kier alpha value is -1.02. The predicted molar refractivity (Wildman–Crippen MR) is 71.5 cm³/mol. The summed E-state index contributed by atoms with van der Waals surface area (Å²) in [6.07, 6.45) is 5.28. The minimum absolute atomic E-state index is 0.924. The quantitative estimate of drug-likeness (QED) is 0.792. The van der Waals surface area contributed by atoms with E-state index in [9.17, 15) is 0 Å². The summed E-state index contributed by atoms with van der Waals surface area (Å²) in [6.45, 7) is 2.54. The molecule has 94 valence electrons. The lowest BCUT2D eigenvalue weighted by molar-refractivity contribution is 0.212. The largest absolute Gasteiger partial charge is 0.497 e. The third-order valence-corrected chi connectivity index (χ3v) is 3.84. The number of piperidine rings is 1. The summed E-state index contributed by atoms with van der Waals surface area (Å²) in [7, 11) is 3.94. The molecule has 0 aliphatic carbocycles. The van der Waals surface area contributed by atoms with Gasteiger partial charge in [0.15, 0.2) is 0 Å². The number of hydrogen-bond donors (Lipinski definition) is 0. The molecule has 0 amide bonds. The van der Waals surface area contributed by atoms with Gasteiger partial charge in [-0.2, -0.15) is 0 Å². The first kappa shape index (κ1) is 12.4. The van der Waals surface area contributed by atoms with Crippen LogP contribution in [0.3, 0.4) is 0 Å². The van der Waals surface area contributed by atoms with Crippen LogP contribution in [0, 0.1) is 5.92 Å². The van der Waals surface area contributed by atoms with E-state index in [1.54, 1.807) is 7.11 Å². The number of nitrogens with zero attached hydrogens (tertiary/aromatic N) is 1. The van der Waals surface area contributed by atoms with Crippen molar-refractivity contribution in [3.05, 3.63) is 29.8 Å². The van der Waals surface area contributed by atoms with Gasteiger partial charge in [0.05, 0.1) is 7.11 Å². The average Bonchev–Trinajstić information content (AvgIpc) is 2.39. The molecule has 2 nitrogen and oxygen atoms in total. The summed E-state index contributed by atoms with van der Waals surface area (Å²) >= 11 is 0. The fraction of sp³-hybridized carbons (Fsp3) is 0.600. The van der Waals surface area contributed by atoms with Gasteiger partial charge in [0.1, 0.15) is 5.75 Å². The molecule has 17 heavy (non-hydrogen) atoms. The smallest absolute Gasteiger partial charge is 0.118 e. The summed E-state index contributed by atoms with van der Waals surface area (Å²) in [5, 5.41) is 0. The van der Waals surface area contributed by atoms with E-state index in [4.69, 9.17) is 4.74 Å². The number of methoxy groups -OCH3 is 1. The highest BCUT2D eigenvalue weighted by Gasteiger charge is 2.16. The first-order valence-electron chi connectivity index (χ1n) is 6.59. The van der Waals surface area contributed by atoms with Gasteiger partial charge < -0.3 is 9.64 Å². The molecule has 0 aromatic heterocycles. The molecular weight excluding hydrogens is 210 g/mol. The van der Waals surface area contributed by atoms with Crippen molar-refractivity contribution in [2.75, 3.05) is 27.2 Å². The highest BCUT2D eigenvalue weighted by molar-refractivity contribution is 5.27. The molecular formula is C15H23NO. The summed E-state index contributed by atoms with van der Waals surface area (Å²) in [4.78, 5) is 2.43. The van der Waals surface area contributed by atoms with Crippen LogP contribution < -0.4 is 4.74 Å². The van der Waals surface area contributed by atoms with E-state index < -0.39 is 0 Å². The van der Waals surface area contributed by atoms with Gasteiger partial charge in [0.2, 0.25) is 0 Å². The second-order valence-electron chi connectivity index (χ2n) is 5.13. The Labute approximate surface area is 105 Å². The van der Waals surface area contributed by atoms with Gasteiger partial charge in [-0.3, -0.25) is 0 Å². The van der Waals surface area contributed by atoms with Crippen LogP contribution in [0.2, 0.25) is 0 Å². The Bertz CT molecular complexity index is 325. The zero-order valence-corrected chi connectivity index (χ0v) is 11.0. The van der Waals surface area contributed by atoms with Crippen molar-refractivity contribution in [3.63, 3.8) is 0 Å². The van der Waals surface area contributed by atoms with Crippen LogP contribution in [0.25, 0.3) is 0 Å². The van der Waals surface area contributed by atoms with Gasteiger partial charge in [-0.15, -0.1) is 0 Å². The van der Waals surface area contributed by atoms with Gasteiger partial charge in [-0.05, 0) is 69.4 Å². The van der Waals surface area contributed by atoms with Crippen LogP contribution in [-0.2, 0) is 6.42 Å². The Morgan fingerprint density at radius 1 is 1.18 bits per heavy atom. The zero-order valence-electron chi connectivity index (χ0n) is 11.0. The molecule has 1 heterocycles. The van der Waals surface area contributed by atoms with Gasteiger partial charge in [-0.1, -0.05) is 12.1 Å². The van der Waals surface area contributed by atoms with E-state index in [0.717, 1.165) is 11.7 Å². The molecule has 1 aromatic carbocycles. The van der Waals surface area contributed by atoms with E-state index in [2.05, 4.69) is 36.2 Å². The van der Waals surface area contributed by atoms with Crippen molar-refractivity contribution in [2.45, 2.75) is 25.7 Å². The fourth-order valence-electron chi connectivity index (χ4n) is 2.51. The van der Waals surface area contributed by atoms with Gasteiger partial charge >= 0.3 is 0 Å². The Kier molecular flexibility index (Phi) is 4.43. The fourth-order valence-corrected chi connectivity index (χ4v) is 2.51. The van der Waals surface area contributed by atoms with Crippen molar-refractivity contribution in [2.24, 2.45) is 5.92 Å². The summed E-state index contributed by atoms with van der Waals surface area (Å²) in [6, 6.07) is 8.50. The standard InChI is InChI=1S/C15H23NO/c1-16-11-9-14(10-12-16)4-3-13-5-7-15(17-2)8-6-13/h5-8,14H,3-4,9-12H2,1-2H3. The third-order valence-electron chi connectivity index (χ3n) is 3.84. The van der Waals surface area contributed by atoms with Crippen molar-refractivity contribution < 1.29 is 4.74 Å². The van der Waals surface area contributed by atoms with Crippen molar-refractivity contribution in [1.82, 2.24) is 4.90 Å². The monoisotopic (exact) mass is 233 g/mol. The number of rotatable bonds is 4. The van der Waals surface area contributed by atoms with Crippen molar-refractivity contribution in [3.8, 4) is 5.75 Å². The van der Waals surface area contributed by atoms with E-state index in [1.165, 1.54) is 44.3 Å². The van der Waals surface area contributed by atoms with Gasteiger partial charge in [0.25, 0.3) is 0 Å². The second kappa shape index (κ2) is 6.06. The highest BCUT2D eigenvalue weighted by atomic mass is 16.5. The molecule has 0 atom stereocenters. The third kappa shape index (κ3) is 3.74. The molecule has 0 spiro atoms. The number of hydrogen-bond acceptors (Lipinski definition) is 2. The lowest BCUT2D eigenvalue weighted by Gasteiger charge is -2.28. The number of ether oxygens (including phenoxy) is 1. The van der Waals surface area contributed by atoms with Gasteiger partial charge in [-0.25, -0.2) is 0 Å². The minimum Gasteiger partial charge on any atom is -0.497 e. The van der Waals surface area contributed by atoms with E-state index >= 15 is 0 Å². The van der Waals surface area contributed by atoms with Crippen LogP contribution in [-0.4, -0.2) is 32.1 Å². The molecule has 0 N–H and O–H groups in total. The predicted octanol–water partition coefficient (Wildman–Crippen LogP) is 2.97. The number of benzene rings is 1. The molecule has 1 saturated heterocycles. The Morgan fingerprint density at radius 3 is 2.41 bits per heavy atom. The molecule has 0 bridgehead atoms. The van der Waals surface area contributed by atoms with Crippen molar-refractivity contribution in [1.29, 1.82) is 0 Å². The van der Waals surface area contributed by atoms with Crippen LogP contribution in [0.5, 0.6) is 5.75 Å². The molecule has 2 rings (SSSR count). The molecule has 2 heteroatoms. The van der Waals surface area contributed by atoms with Crippen LogP contribution in [0.4, 0.5) is 0 Å². The molecule has 1 fully saturated rings. The summed E-state index contributed by atoms with van der Waals surface area (Å²) < 4.78 is 5.17. The maximum atomic E-state index is 5.17. The number of likely N-dealkylation sites (tertiary alicyclic amines) is 1. The SMILES string of the molecule is COc1ccc(CCC2CCN(C)CC2)cc1. The first-order valence-corrected chi connectivity index (χ1v) is 6.59. The average molecular weight is 233 g/mol. The molecule has 1 aromatic rings. The Morgan fingerprint density at radius 2 is 1.82 bits per heavy atom. The second-order valence-corrected chi connectivity index (χ2v) is 5.13. The molecule has 0 radical (unpaired) electrons. The lowest BCUT2D eigenvalue weighted by Crippen LogP contribution is -2.30. The summed E-state index contributed by atoms with van der Waals surface area (Å²) in [5.41, 5.74) is 1.43. The summed E-state index contributed by atoms with van der Waals surface area (Å²) in [5.74, 6) is 1.88. The van der Waals surface area contributed by atoms with Crippen LogP contribution in [0.15, 0.2) is 24.3 Å². The van der Waals surface area contributed by atoms with Crippen LogP contribution in [0.1, 0.15) is 24.8 Å². The molecule has 1 aliphatic rings. The maximum absolute atomic E-state index is 5.17. The van der Waals surface area contributed by atoms with Gasteiger partial charge in [0, 0.05) is 0 Å². The maximum Gasteiger partial charge on any atom is 0.118 e.